The van der Waals surface area contributed by atoms with Crippen molar-refractivity contribution in [1.82, 2.24) is 10.6 Å². The van der Waals surface area contributed by atoms with E-state index in [1.807, 2.05) is 0 Å². The number of carbonyl (C=O) groups is 1. The summed E-state index contributed by atoms with van der Waals surface area (Å²) in [5.41, 5.74) is 0.137. The third kappa shape index (κ3) is 15.1. The van der Waals surface area contributed by atoms with Crippen molar-refractivity contribution in [1.29, 1.82) is 0 Å². The Kier molecular flexibility index (Phi) is 16.0. The number of amides is 1. The minimum Gasteiger partial charge on any atom is -0.354 e. The van der Waals surface area contributed by atoms with Gasteiger partial charge in [0, 0.05) is 24.0 Å². The van der Waals surface area contributed by atoms with Gasteiger partial charge in [0.25, 0.3) is 0 Å². The maximum atomic E-state index is 12.8. The molecule has 0 rings (SSSR count). The maximum Gasteiger partial charge on any atom is 0.223 e. The van der Waals surface area contributed by atoms with E-state index in [2.05, 4.69) is 52.2 Å². The van der Waals surface area contributed by atoms with Gasteiger partial charge < -0.3 is 10.6 Å². The van der Waals surface area contributed by atoms with Crippen molar-refractivity contribution in [2.24, 2.45) is 5.92 Å². The Hall–Kier alpha value is -0.570. The third-order valence-electron chi connectivity index (χ3n) is 5.53. The highest BCUT2D eigenvalue weighted by atomic mass is 16.1. The molecule has 2 atom stereocenters. The molecule has 162 valence electrons. The molecule has 1 amide bonds. The van der Waals surface area contributed by atoms with Gasteiger partial charge in [-0.25, -0.2) is 0 Å². The molecule has 0 aromatic carbocycles. The fourth-order valence-electron chi connectivity index (χ4n) is 4.03. The van der Waals surface area contributed by atoms with Gasteiger partial charge in [-0.1, -0.05) is 85.0 Å². The van der Waals surface area contributed by atoms with Crippen LogP contribution < -0.4 is 10.6 Å². The average molecular weight is 383 g/mol. The van der Waals surface area contributed by atoms with Crippen molar-refractivity contribution >= 4 is 5.91 Å². The number of rotatable bonds is 18. The first kappa shape index (κ1) is 26.4. The number of hydrogen-bond donors (Lipinski definition) is 2. The highest BCUT2D eigenvalue weighted by Crippen LogP contribution is 2.19. The summed E-state index contributed by atoms with van der Waals surface area (Å²) >= 11 is 0. The standard InChI is InChI=1S/C24H50N2O/c1-7-10-12-14-16-18-22(17-15-13-11-8-2)23(27)25-20-21(4)26-24(5,6)19-9-3/h21-22,26H,7-20H2,1-6H3,(H,25,27)/t21-,22?/m0/s1. The molecule has 3 nitrogen and oxygen atoms in total. The smallest absolute Gasteiger partial charge is 0.223 e. The predicted octanol–water partition coefficient (Wildman–Crippen LogP) is 6.61. The second kappa shape index (κ2) is 16.4. The van der Waals surface area contributed by atoms with E-state index in [4.69, 9.17) is 0 Å². The van der Waals surface area contributed by atoms with Crippen LogP contribution in [-0.2, 0) is 4.79 Å². The van der Waals surface area contributed by atoms with Gasteiger partial charge in [0.05, 0.1) is 0 Å². The van der Waals surface area contributed by atoms with Gasteiger partial charge >= 0.3 is 0 Å². The summed E-state index contributed by atoms with van der Waals surface area (Å²) in [5, 5.41) is 6.90. The van der Waals surface area contributed by atoms with Crippen molar-refractivity contribution in [3.63, 3.8) is 0 Å². The number of hydrogen-bond acceptors (Lipinski definition) is 2. The molecule has 0 aromatic rings. The summed E-state index contributed by atoms with van der Waals surface area (Å²) in [6.07, 6.45) is 15.8. The second-order valence-electron chi connectivity index (χ2n) is 9.17. The zero-order valence-electron chi connectivity index (χ0n) is 19.5. The Balaban J connectivity index is 4.36. The van der Waals surface area contributed by atoms with E-state index in [1.54, 1.807) is 0 Å². The Morgan fingerprint density at radius 3 is 1.85 bits per heavy atom. The molecule has 0 spiro atoms. The lowest BCUT2D eigenvalue weighted by Crippen LogP contribution is -2.49. The summed E-state index contributed by atoms with van der Waals surface area (Å²) < 4.78 is 0. The SMILES string of the molecule is CCCCCCCC(CCCCCC)C(=O)NC[C@H](C)NC(C)(C)CCC. The van der Waals surface area contributed by atoms with Crippen LogP contribution in [0.3, 0.4) is 0 Å². The topological polar surface area (TPSA) is 41.1 Å². The molecule has 0 saturated heterocycles. The van der Waals surface area contributed by atoms with Gasteiger partial charge in [-0.2, -0.15) is 0 Å². The van der Waals surface area contributed by atoms with E-state index >= 15 is 0 Å². The predicted molar refractivity (Wildman–Crippen MR) is 120 cm³/mol. The highest BCUT2D eigenvalue weighted by molar-refractivity contribution is 5.78. The van der Waals surface area contributed by atoms with E-state index in [1.165, 1.54) is 64.2 Å². The van der Waals surface area contributed by atoms with Crippen molar-refractivity contribution in [2.75, 3.05) is 6.54 Å². The molecule has 0 aliphatic rings. The Bertz CT molecular complexity index is 354. The zero-order valence-corrected chi connectivity index (χ0v) is 19.5. The number of unbranched alkanes of at least 4 members (excludes halogenated alkanes) is 7. The van der Waals surface area contributed by atoms with Crippen molar-refractivity contribution in [3.8, 4) is 0 Å². The largest absolute Gasteiger partial charge is 0.354 e. The minimum absolute atomic E-state index is 0.137. The first-order valence-electron chi connectivity index (χ1n) is 11.9. The molecule has 0 radical (unpaired) electrons. The molecule has 0 saturated carbocycles. The van der Waals surface area contributed by atoms with Gasteiger partial charge in [-0.05, 0) is 40.0 Å². The first-order chi connectivity index (χ1) is 12.9. The van der Waals surface area contributed by atoms with E-state index < -0.39 is 0 Å². The number of carbonyl (C=O) groups excluding carboxylic acids is 1. The van der Waals surface area contributed by atoms with Crippen LogP contribution in [0.2, 0.25) is 0 Å². The molecule has 0 aliphatic carbocycles. The van der Waals surface area contributed by atoms with Crippen LogP contribution in [0.1, 0.15) is 125 Å². The molecule has 2 N–H and O–H groups in total. The van der Waals surface area contributed by atoms with Crippen LogP contribution in [-0.4, -0.2) is 24.0 Å². The van der Waals surface area contributed by atoms with Gasteiger partial charge in [0.1, 0.15) is 0 Å². The van der Waals surface area contributed by atoms with E-state index in [0.29, 0.717) is 6.04 Å². The summed E-state index contributed by atoms with van der Waals surface area (Å²) in [5.74, 6) is 0.489. The fraction of sp³-hybridized carbons (Fsp3) is 0.958. The quantitative estimate of drug-likeness (QED) is 0.262. The molecule has 0 aromatic heterocycles. The zero-order chi connectivity index (χ0) is 20.5. The fourth-order valence-corrected chi connectivity index (χ4v) is 4.03. The normalized spacial score (nSPS) is 14.1. The summed E-state index contributed by atoms with van der Waals surface area (Å²) in [6, 6.07) is 0.306. The van der Waals surface area contributed by atoms with Crippen LogP contribution in [0, 0.1) is 5.92 Å². The molecule has 27 heavy (non-hydrogen) atoms. The van der Waals surface area contributed by atoms with E-state index in [9.17, 15) is 4.79 Å². The molecule has 3 heteroatoms. The van der Waals surface area contributed by atoms with Crippen molar-refractivity contribution in [3.05, 3.63) is 0 Å². The summed E-state index contributed by atoms with van der Waals surface area (Å²) in [6.45, 7) is 14.1. The van der Waals surface area contributed by atoms with Gasteiger partial charge in [-0.15, -0.1) is 0 Å². The Labute approximate surface area is 170 Å². The Morgan fingerprint density at radius 2 is 1.33 bits per heavy atom. The summed E-state index contributed by atoms with van der Waals surface area (Å²) in [4.78, 5) is 12.8. The van der Waals surface area contributed by atoms with Gasteiger partial charge in [0.2, 0.25) is 5.91 Å². The Morgan fingerprint density at radius 1 is 0.815 bits per heavy atom. The van der Waals surface area contributed by atoms with Gasteiger partial charge in [0.15, 0.2) is 0 Å². The molecular formula is C24H50N2O. The van der Waals surface area contributed by atoms with Gasteiger partial charge in [-0.3, -0.25) is 4.79 Å². The molecule has 0 aliphatic heterocycles. The van der Waals surface area contributed by atoms with Crippen LogP contribution in [0.25, 0.3) is 0 Å². The molecular weight excluding hydrogens is 332 g/mol. The highest BCUT2D eigenvalue weighted by Gasteiger charge is 2.21. The molecule has 0 heterocycles. The lowest BCUT2D eigenvalue weighted by molar-refractivity contribution is -0.125. The molecule has 1 unspecified atom stereocenters. The molecule has 0 bridgehead atoms. The van der Waals surface area contributed by atoms with E-state index in [0.717, 1.165) is 25.8 Å². The van der Waals surface area contributed by atoms with Crippen LogP contribution >= 0.6 is 0 Å². The first-order valence-corrected chi connectivity index (χ1v) is 11.9. The summed E-state index contributed by atoms with van der Waals surface area (Å²) in [7, 11) is 0. The minimum atomic E-state index is 0.137. The molecule has 0 fully saturated rings. The van der Waals surface area contributed by atoms with E-state index in [-0.39, 0.29) is 17.4 Å². The number of nitrogens with one attached hydrogen (secondary N) is 2. The van der Waals surface area contributed by atoms with Crippen LogP contribution in [0.15, 0.2) is 0 Å². The lowest BCUT2D eigenvalue weighted by atomic mass is 9.93. The maximum absolute atomic E-state index is 12.8. The van der Waals surface area contributed by atoms with Crippen LogP contribution in [0.4, 0.5) is 0 Å². The average Bonchev–Trinajstić information content (AvgIpc) is 2.60. The van der Waals surface area contributed by atoms with Crippen LogP contribution in [0.5, 0.6) is 0 Å². The van der Waals surface area contributed by atoms with Crippen molar-refractivity contribution in [2.45, 2.75) is 137 Å². The van der Waals surface area contributed by atoms with Crippen molar-refractivity contribution < 1.29 is 4.79 Å². The second-order valence-corrected chi connectivity index (χ2v) is 9.17. The monoisotopic (exact) mass is 382 g/mol. The third-order valence-corrected chi connectivity index (χ3v) is 5.53. The lowest BCUT2D eigenvalue weighted by Gasteiger charge is -2.30.